The zero-order chi connectivity index (χ0) is 15.5. The highest BCUT2D eigenvalue weighted by Gasteiger charge is 2.05. The van der Waals surface area contributed by atoms with Crippen molar-refractivity contribution in [3.63, 3.8) is 0 Å². The van der Waals surface area contributed by atoms with Gasteiger partial charge in [0.15, 0.2) is 0 Å². The molecule has 7 heteroatoms. The lowest BCUT2D eigenvalue weighted by Crippen LogP contribution is -2.01. The van der Waals surface area contributed by atoms with Crippen LogP contribution in [0.1, 0.15) is 5.69 Å². The molecule has 23 heavy (non-hydrogen) atoms. The zero-order valence-electron chi connectivity index (χ0n) is 12.2. The van der Waals surface area contributed by atoms with Crippen molar-refractivity contribution in [1.82, 2.24) is 34.7 Å². The average molecular weight is 303 g/mol. The largest absolute Gasteiger partial charge is 0.259 e. The lowest BCUT2D eigenvalue weighted by molar-refractivity contribution is 0.639. The summed E-state index contributed by atoms with van der Waals surface area (Å²) in [6, 6.07) is 13.8. The summed E-state index contributed by atoms with van der Waals surface area (Å²) in [6.07, 6.45) is 6.87. The van der Waals surface area contributed by atoms with E-state index in [1.165, 1.54) is 6.33 Å². The standard InChI is InChI=1S/C16H13N7/c1-2-8-18-14(3-1)9-22-10-16(20-21-22)13-4-6-15(7-5-13)23-12-17-11-19-23/h1-8,10-12H,9H2. The summed E-state index contributed by atoms with van der Waals surface area (Å²) in [5, 5.41) is 12.5. The van der Waals surface area contributed by atoms with Crippen LogP contribution in [0.25, 0.3) is 16.9 Å². The predicted molar refractivity (Wildman–Crippen MR) is 83.7 cm³/mol. The molecule has 3 aromatic heterocycles. The second-order valence-corrected chi connectivity index (χ2v) is 5.01. The molecule has 0 aliphatic rings. The Morgan fingerprint density at radius 2 is 1.91 bits per heavy atom. The fourth-order valence-corrected chi connectivity index (χ4v) is 2.29. The maximum absolute atomic E-state index is 4.29. The summed E-state index contributed by atoms with van der Waals surface area (Å²) in [6.45, 7) is 0.602. The molecule has 0 bridgehead atoms. The van der Waals surface area contributed by atoms with Crippen LogP contribution >= 0.6 is 0 Å². The van der Waals surface area contributed by atoms with Crippen LogP contribution in [0, 0.1) is 0 Å². The van der Waals surface area contributed by atoms with Gasteiger partial charge in [0.2, 0.25) is 0 Å². The van der Waals surface area contributed by atoms with Gasteiger partial charge < -0.3 is 0 Å². The van der Waals surface area contributed by atoms with Crippen LogP contribution in [0.5, 0.6) is 0 Å². The van der Waals surface area contributed by atoms with E-state index in [1.807, 2.05) is 48.7 Å². The van der Waals surface area contributed by atoms with E-state index >= 15 is 0 Å². The van der Waals surface area contributed by atoms with Crippen molar-refractivity contribution in [3.8, 4) is 16.9 Å². The molecule has 0 saturated heterocycles. The van der Waals surface area contributed by atoms with Crippen molar-refractivity contribution in [3.05, 3.63) is 73.2 Å². The van der Waals surface area contributed by atoms with Gasteiger partial charge in [-0.1, -0.05) is 23.4 Å². The highest BCUT2D eigenvalue weighted by Crippen LogP contribution is 2.18. The Morgan fingerprint density at radius 1 is 1.00 bits per heavy atom. The number of hydrogen-bond acceptors (Lipinski definition) is 5. The molecule has 0 saturated carbocycles. The molecule has 0 N–H and O–H groups in total. The maximum atomic E-state index is 4.29. The van der Waals surface area contributed by atoms with Crippen LogP contribution in [0.2, 0.25) is 0 Å². The normalized spacial score (nSPS) is 10.8. The van der Waals surface area contributed by atoms with E-state index in [0.29, 0.717) is 6.54 Å². The molecule has 112 valence electrons. The van der Waals surface area contributed by atoms with Crippen LogP contribution in [-0.4, -0.2) is 34.7 Å². The SMILES string of the molecule is c1ccc(Cn2cc(-c3ccc(-n4cncn4)cc3)nn2)nc1. The summed E-state index contributed by atoms with van der Waals surface area (Å²) in [5.74, 6) is 0. The van der Waals surface area contributed by atoms with E-state index in [9.17, 15) is 0 Å². The molecule has 0 radical (unpaired) electrons. The summed E-state index contributed by atoms with van der Waals surface area (Å²) < 4.78 is 3.49. The van der Waals surface area contributed by atoms with E-state index in [-0.39, 0.29) is 0 Å². The van der Waals surface area contributed by atoms with Crippen LogP contribution in [0.3, 0.4) is 0 Å². The molecule has 0 atom stereocenters. The van der Waals surface area contributed by atoms with Gasteiger partial charge in [-0.15, -0.1) is 5.10 Å². The second kappa shape index (κ2) is 5.80. The van der Waals surface area contributed by atoms with Gasteiger partial charge in [-0.2, -0.15) is 5.10 Å². The molecule has 0 fully saturated rings. The summed E-state index contributed by atoms with van der Waals surface area (Å²) in [4.78, 5) is 8.23. The minimum Gasteiger partial charge on any atom is -0.259 e. The van der Waals surface area contributed by atoms with Gasteiger partial charge in [0.1, 0.15) is 18.3 Å². The van der Waals surface area contributed by atoms with Gasteiger partial charge in [0.25, 0.3) is 0 Å². The van der Waals surface area contributed by atoms with E-state index in [1.54, 1.807) is 21.9 Å². The number of benzene rings is 1. The smallest absolute Gasteiger partial charge is 0.138 e. The Kier molecular flexibility index (Phi) is 3.36. The van der Waals surface area contributed by atoms with Crippen molar-refractivity contribution in [2.45, 2.75) is 6.54 Å². The predicted octanol–water partition coefficient (Wildman–Crippen LogP) is 1.97. The summed E-state index contributed by atoms with van der Waals surface area (Å²) >= 11 is 0. The van der Waals surface area contributed by atoms with Crippen LogP contribution in [0.15, 0.2) is 67.5 Å². The molecule has 0 aliphatic carbocycles. The Hall–Kier alpha value is -3.35. The Labute approximate surface area is 132 Å². The van der Waals surface area contributed by atoms with Gasteiger partial charge >= 0.3 is 0 Å². The molecule has 0 unspecified atom stereocenters. The fraction of sp³-hybridized carbons (Fsp3) is 0.0625. The Balaban J connectivity index is 1.54. The van der Waals surface area contributed by atoms with E-state index in [4.69, 9.17) is 0 Å². The van der Waals surface area contributed by atoms with E-state index in [0.717, 1.165) is 22.6 Å². The number of nitrogens with zero attached hydrogens (tertiary/aromatic N) is 7. The first-order valence-corrected chi connectivity index (χ1v) is 7.14. The molecule has 3 heterocycles. The molecule has 4 rings (SSSR count). The first kappa shape index (κ1) is 13.3. The Morgan fingerprint density at radius 3 is 2.65 bits per heavy atom. The summed E-state index contributed by atoms with van der Waals surface area (Å²) in [7, 11) is 0. The van der Waals surface area contributed by atoms with Gasteiger partial charge in [-0.05, 0) is 24.3 Å². The first-order chi connectivity index (χ1) is 11.4. The van der Waals surface area contributed by atoms with Gasteiger partial charge in [-0.3, -0.25) is 4.98 Å². The Bertz CT molecular complexity index is 880. The van der Waals surface area contributed by atoms with Crippen molar-refractivity contribution in [2.75, 3.05) is 0 Å². The average Bonchev–Trinajstić information content (AvgIpc) is 3.28. The number of pyridine rings is 1. The monoisotopic (exact) mass is 303 g/mol. The minimum atomic E-state index is 0.602. The molecule has 1 aromatic carbocycles. The van der Waals surface area contributed by atoms with Gasteiger partial charge in [-0.25, -0.2) is 14.3 Å². The van der Waals surface area contributed by atoms with Crippen molar-refractivity contribution >= 4 is 0 Å². The number of aromatic nitrogens is 7. The third-order valence-corrected chi connectivity index (χ3v) is 3.44. The van der Waals surface area contributed by atoms with E-state index in [2.05, 4.69) is 25.4 Å². The molecule has 0 aliphatic heterocycles. The van der Waals surface area contributed by atoms with Crippen LogP contribution < -0.4 is 0 Å². The minimum absolute atomic E-state index is 0.602. The quantitative estimate of drug-likeness (QED) is 0.576. The van der Waals surface area contributed by atoms with Crippen molar-refractivity contribution in [1.29, 1.82) is 0 Å². The number of hydrogen-bond donors (Lipinski definition) is 0. The molecular weight excluding hydrogens is 290 g/mol. The third-order valence-electron chi connectivity index (χ3n) is 3.44. The molecule has 4 aromatic rings. The van der Waals surface area contributed by atoms with Gasteiger partial charge in [0, 0.05) is 11.8 Å². The lowest BCUT2D eigenvalue weighted by atomic mass is 10.1. The topological polar surface area (TPSA) is 74.3 Å². The zero-order valence-corrected chi connectivity index (χ0v) is 12.2. The summed E-state index contributed by atoms with van der Waals surface area (Å²) in [5.41, 5.74) is 3.73. The van der Waals surface area contributed by atoms with Crippen LogP contribution in [0.4, 0.5) is 0 Å². The van der Waals surface area contributed by atoms with E-state index < -0.39 is 0 Å². The lowest BCUT2D eigenvalue weighted by Gasteiger charge is -2.01. The molecule has 7 nitrogen and oxygen atoms in total. The second-order valence-electron chi connectivity index (χ2n) is 5.01. The molecule has 0 spiro atoms. The van der Waals surface area contributed by atoms with Crippen molar-refractivity contribution in [2.24, 2.45) is 0 Å². The maximum Gasteiger partial charge on any atom is 0.138 e. The third kappa shape index (κ3) is 2.84. The molecule has 0 amide bonds. The molecular formula is C16H13N7. The number of rotatable bonds is 4. The van der Waals surface area contributed by atoms with Crippen molar-refractivity contribution < 1.29 is 0 Å². The highest BCUT2D eigenvalue weighted by atomic mass is 15.4. The van der Waals surface area contributed by atoms with Crippen LogP contribution in [-0.2, 0) is 6.54 Å². The van der Waals surface area contributed by atoms with Gasteiger partial charge in [0.05, 0.1) is 24.1 Å². The first-order valence-electron chi connectivity index (χ1n) is 7.14. The highest BCUT2D eigenvalue weighted by molar-refractivity contribution is 5.59. The fourth-order valence-electron chi connectivity index (χ4n) is 2.29.